The first kappa shape index (κ1) is 36.7. The van der Waals surface area contributed by atoms with Crippen LogP contribution >= 0.6 is 0 Å². The molecule has 0 bridgehead atoms. The van der Waals surface area contributed by atoms with E-state index in [2.05, 4.69) is 58.8 Å². The van der Waals surface area contributed by atoms with Crippen molar-refractivity contribution < 1.29 is 19.4 Å². The van der Waals surface area contributed by atoms with Gasteiger partial charge in [0.05, 0.1) is 6.10 Å². The van der Waals surface area contributed by atoms with Gasteiger partial charge in [0, 0.05) is 25.3 Å². The molecule has 11 atom stereocenters. The molecule has 4 rings (SSSR count). The van der Waals surface area contributed by atoms with Crippen molar-refractivity contribution in [2.75, 3.05) is 33.2 Å². The summed E-state index contributed by atoms with van der Waals surface area (Å²) in [6, 6.07) is 0. The Hall–Kier alpha value is -1.18. The fraction of sp³-hybridized carbons (Fsp3) is 0.947. The highest BCUT2D eigenvalue weighted by atomic mass is 16.5. The molecule has 4 N–H and O–H groups in total. The molecule has 0 unspecified atom stereocenters. The minimum atomic E-state index is -0.221. The zero-order valence-electron chi connectivity index (χ0n) is 30.2. The monoisotopic (exact) mass is 632 g/mol. The van der Waals surface area contributed by atoms with Crippen molar-refractivity contribution >= 4 is 11.9 Å². The minimum Gasteiger partial charge on any atom is -0.462 e. The van der Waals surface area contributed by atoms with E-state index < -0.39 is 0 Å². The Morgan fingerprint density at radius 2 is 1.69 bits per heavy atom. The topological polar surface area (TPSA) is 105 Å². The average Bonchev–Trinajstić information content (AvgIpc) is 3.25. The second kappa shape index (κ2) is 14.9. The van der Waals surface area contributed by atoms with Crippen molar-refractivity contribution in [1.29, 1.82) is 0 Å². The van der Waals surface area contributed by atoms with E-state index in [1.807, 2.05) is 0 Å². The standard InChI is InChI=1S/C38H69N3O4/c1-25(2)12-9-13-28(35(44)40-21-11-23-41(8)22-10-20-39)34-30-14-15-33-36(5)18-17-31(43)26(3)29(36)16-19-37(33,6)38(30,7)24-32(34)45-27(4)42/h25-26,28-34,43H,9-24,39H2,1-8H3,(H,40,44)/t26-,28-,29-,30-,31+,32-,33-,34-,36-,37-,38-/m0/s1. The van der Waals surface area contributed by atoms with Gasteiger partial charge in [-0.2, -0.15) is 0 Å². The molecule has 4 saturated carbocycles. The zero-order chi connectivity index (χ0) is 33.2. The van der Waals surface area contributed by atoms with Gasteiger partial charge >= 0.3 is 5.97 Å². The molecule has 260 valence electrons. The number of amides is 1. The summed E-state index contributed by atoms with van der Waals surface area (Å²) in [6.45, 7) is 19.2. The average molecular weight is 632 g/mol. The number of fused-ring (bicyclic) bond motifs is 5. The molecule has 4 aliphatic carbocycles. The van der Waals surface area contributed by atoms with Crippen molar-refractivity contribution in [2.24, 2.45) is 63.4 Å². The molecular weight excluding hydrogens is 562 g/mol. The van der Waals surface area contributed by atoms with Gasteiger partial charge in [0.2, 0.25) is 5.91 Å². The minimum absolute atomic E-state index is 0.00371. The largest absolute Gasteiger partial charge is 0.462 e. The van der Waals surface area contributed by atoms with Gasteiger partial charge in [0.15, 0.2) is 0 Å². The molecule has 4 fully saturated rings. The lowest BCUT2D eigenvalue weighted by molar-refractivity contribution is -0.203. The molecule has 0 radical (unpaired) electrons. The molecule has 45 heavy (non-hydrogen) atoms. The molecule has 0 aromatic rings. The van der Waals surface area contributed by atoms with Crippen molar-refractivity contribution in [1.82, 2.24) is 10.2 Å². The lowest BCUT2D eigenvalue weighted by Crippen LogP contribution is -2.62. The van der Waals surface area contributed by atoms with E-state index in [1.165, 1.54) is 6.42 Å². The van der Waals surface area contributed by atoms with Gasteiger partial charge in [-0.15, -0.1) is 0 Å². The summed E-state index contributed by atoms with van der Waals surface area (Å²) in [5.74, 6) is 2.28. The van der Waals surface area contributed by atoms with Crippen molar-refractivity contribution in [3.8, 4) is 0 Å². The van der Waals surface area contributed by atoms with Crippen LogP contribution in [-0.4, -0.2) is 67.3 Å². The summed E-state index contributed by atoms with van der Waals surface area (Å²) in [6.07, 6.45) is 11.9. The second-order valence-electron chi connectivity index (χ2n) is 17.1. The van der Waals surface area contributed by atoms with Gasteiger partial charge in [-0.25, -0.2) is 0 Å². The number of aliphatic hydroxyl groups excluding tert-OH is 1. The summed E-state index contributed by atoms with van der Waals surface area (Å²) in [5, 5.41) is 14.2. The smallest absolute Gasteiger partial charge is 0.302 e. The highest BCUT2D eigenvalue weighted by molar-refractivity contribution is 5.79. The molecule has 0 aromatic carbocycles. The van der Waals surface area contributed by atoms with Crippen LogP contribution in [0.4, 0.5) is 0 Å². The third kappa shape index (κ3) is 7.31. The fourth-order valence-corrected chi connectivity index (χ4v) is 11.7. The number of esters is 1. The molecule has 0 aliphatic heterocycles. The number of nitrogens with zero attached hydrogens (tertiary/aromatic N) is 1. The van der Waals surface area contributed by atoms with Gasteiger partial charge < -0.3 is 25.8 Å². The van der Waals surface area contributed by atoms with Crippen LogP contribution in [0.1, 0.15) is 126 Å². The zero-order valence-corrected chi connectivity index (χ0v) is 30.2. The van der Waals surface area contributed by atoms with E-state index in [4.69, 9.17) is 10.5 Å². The van der Waals surface area contributed by atoms with Crippen LogP contribution in [0.15, 0.2) is 0 Å². The predicted molar refractivity (Wildman–Crippen MR) is 182 cm³/mol. The lowest BCUT2D eigenvalue weighted by Gasteiger charge is -2.68. The molecule has 0 saturated heterocycles. The molecule has 7 heteroatoms. The maximum atomic E-state index is 14.2. The molecule has 0 heterocycles. The van der Waals surface area contributed by atoms with Crippen LogP contribution in [0.2, 0.25) is 0 Å². The number of carbonyl (C=O) groups is 2. The number of hydrogen-bond donors (Lipinski definition) is 3. The normalized spacial score (nSPS) is 40.0. The number of ether oxygens (including phenoxy) is 1. The van der Waals surface area contributed by atoms with Crippen LogP contribution in [0.5, 0.6) is 0 Å². The van der Waals surface area contributed by atoms with Crippen molar-refractivity contribution in [3.63, 3.8) is 0 Å². The number of rotatable bonds is 14. The SMILES string of the molecule is CC(=O)O[C@H]1C[C@@]2(C)[C@@H](CC[C@H]3[C@@]4(C)CC[C@@H](O)[C@@H](C)[C@@H]4CC[C@@]32C)[C@@H]1[C@H](CCCC(C)C)C(=O)NCCCN(C)CCCN. The van der Waals surface area contributed by atoms with Gasteiger partial charge in [-0.3, -0.25) is 9.59 Å². The highest BCUT2D eigenvalue weighted by Gasteiger charge is 2.70. The van der Waals surface area contributed by atoms with E-state index in [0.29, 0.717) is 42.7 Å². The van der Waals surface area contributed by atoms with Crippen molar-refractivity contribution in [2.45, 2.75) is 138 Å². The first-order valence-electron chi connectivity index (χ1n) is 18.7. The molecule has 0 spiro atoms. The Morgan fingerprint density at radius 3 is 2.36 bits per heavy atom. The maximum absolute atomic E-state index is 14.2. The van der Waals surface area contributed by atoms with Crippen LogP contribution in [0.25, 0.3) is 0 Å². The third-order valence-corrected chi connectivity index (χ3v) is 14.2. The number of nitrogens with two attached hydrogens (primary N) is 1. The Kier molecular flexibility index (Phi) is 12.2. The van der Waals surface area contributed by atoms with Crippen LogP contribution < -0.4 is 11.1 Å². The second-order valence-corrected chi connectivity index (χ2v) is 17.1. The first-order chi connectivity index (χ1) is 21.2. The maximum Gasteiger partial charge on any atom is 0.302 e. The summed E-state index contributed by atoms with van der Waals surface area (Å²) in [5.41, 5.74) is 6.02. The summed E-state index contributed by atoms with van der Waals surface area (Å²) >= 11 is 0. The highest BCUT2D eigenvalue weighted by Crippen LogP contribution is 2.74. The summed E-state index contributed by atoms with van der Waals surface area (Å²) in [4.78, 5) is 29.1. The summed E-state index contributed by atoms with van der Waals surface area (Å²) < 4.78 is 6.25. The van der Waals surface area contributed by atoms with E-state index >= 15 is 0 Å². The quantitative estimate of drug-likeness (QED) is 0.151. The number of nitrogens with one attached hydrogen (secondary N) is 1. The molecular formula is C38H69N3O4. The Labute approximate surface area is 275 Å². The van der Waals surface area contributed by atoms with Crippen molar-refractivity contribution in [3.05, 3.63) is 0 Å². The van der Waals surface area contributed by atoms with Crippen LogP contribution in [0.3, 0.4) is 0 Å². The van der Waals surface area contributed by atoms with Gasteiger partial charge in [0.1, 0.15) is 6.10 Å². The van der Waals surface area contributed by atoms with Gasteiger partial charge in [-0.05, 0) is 137 Å². The molecule has 1 amide bonds. The number of aliphatic hydroxyl groups is 1. The molecule has 4 aliphatic rings. The number of carbonyl (C=O) groups excluding carboxylic acids is 2. The molecule has 7 nitrogen and oxygen atoms in total. The Balaban J connectivity index is 1.60. The third-order valence-electron chi connectivity index (χ3n) is 14.2. The molecule has 0 aromatic heterocycles. The number of hydrogen-bond acceptors (Lipinski definition) is 6. The van der Waals surface area contributed by atoms with E-state index in [9.17, 15) is 14.7 Å². The Morgan fingerprint density at radius 1 is 0.978 bits per heavy atom. The van der Waals surface area contributed by atoms with E-state index in [0.717, 1.165) is 83.7 Å². The van der Waals surface area contributed by atoms with Gasteiger partial charge in [-0.1, -0.05) is 54.4 Å². The first-order valence-corrected chi connectivity index (χ1v) is 18.7. The predicted octanol–water partition coefficient (Wildman–Crippen LogP) is 6.41. The van der Waals surface area contributed by atoms with Crippen LogP contribution in [0, 0.1) is 57.7 Å². The summed E-state index contributed by atoms with van der Waals surface area (Å²) in [7, 11) is 2.12. The fourth-order valence-electron chi connectivity index (χ4n) is 11.7. The van der Waals surface area contributed by atoms with E-state index in [-0.39, 0.29) is 52.2 Å². The van der Waals surface area contributed by atoms with Crippen LogP contribution in [-0.2, 0) is 14.3 Å². The van der Waals surface area contributed by atoms with Gasteiger partial charge in [0.25, 0.3) is 0 Å². The van der Waals surface area contributed by atoms with E-state index in [1.54, 1.807) is 6.92 Å². The lowest BCUT2D eigenvalue weighted by atomic mass is 9.37. The Bertz CT molecular complexity index is 1010.